The third kappa shape index (κ3) is 4.74. The zero-order valence-corrected chi connectivity index (χ0v) is 16.7. The Bertz CT molecular complexity index is 1110. The topological polar surface area (TPSA) is 123 Å². The molecule has 0 bridgehead atoms. The number of hydrogen-bond acceptors (Lipinski definition) is 6. The molecule has 0 aliphatic carbocycles. The first-order valence-corrected chi connectivity index (χ1v) is 9.12. The molecule has 0 aliphatic heterocycles. The summed E-state index contributed by atoms with van der Waals surface area (Å²) < 4.78 is 25.3. The fourth-order valence-electron chi connectivity index (χ4n) is 3.03. The Balaban J connectivity index is 1.91. The molecule has 162 valence electrons. The van der Waals surface area contributed by atoms with Crippen LogP contribution < -0.4 is 14.8 Å². The number of benzene rings is 2. The lowest BCUT2D eigenvalue weighted by atomic mass is 10.0. The first kappa shape index (κ1) is 21.6. The molecule has 3 aromatic rings. The highest BCUT2D eigenvalue weighted by Crippen LogP contribution is 2.31. The molecule has 31 heavy (non-hydrogen) atoms. The molecule has 2 aromatic carbocycles. The molecule has 3 rings (SSSR count). The third-order valence-electron chi connectivity index (χ3n) is 4.50. The van der Waals surface area contributed by atoms with Crippen LogP contribution in [0.5, 0.6) is 17.4 Å². The monoisotopic (exact) mass is 429 g/mol. The molecule has 3 N–H and O–H groups in total. The Kier molecular flexibility index (Phi) is 6.39. The Morgan fingerprint density at radius 2 is 1.90 bits per heavy atom. The minimum absolute atomic E-state index is 0.0436. The van der Waals surface area contributed by atoms with Crippen molar-refractivity contribution in [1.29, 1.82) is 0 Å². The lowest BCUT2D eigenvalue weighted by Crippen LogP contribution is -2.31. The van der Waals surface area contributed by atoms with E-state index in [1.807, 2.05) is 0 Å². The summed E-state index contributed by atoms with van der Waals surface area (Å²) in [6, 6.07) is 10.5. The molecule has 0 saturated heterocycles. The van der Waals surface area contributed by atoms with Crippen LogP contribution >= 0.6 is 0 Å². The van der Waals surface area contributed by atoms with Gasteiger partial charge in [0.2, 0.25) is 5.88 Å². The van der Waals surface area contributed by atoms with Gasteiger partial charge in [0.15, 0.2) is 5.69 Å². The lowest BCUT2D eigenvalue weighted by Gasteiger charge is -2.20. The number of para-hydroxylation sites is 1. The van der Waals surface area contributed by atoms with Crippen molar-refractivity contribution in [3.8, 4) is 23.1 Å². The number of ether oxygens (including phenoxy) is 2. The van der Waals surface area contributed by atoms with Gasteiger partial charge in [0, 0.05) is 17.7 Å². The maximum absolute atomic E-state index is 14.0. The van der Waals surface area contributed by atoms with Crippen molar-refractivity contribution >= 4 is 11.9 Å². The summed E-state index contributed by atoms with van der Waals surface area (Å²) in [5.74, 6) is -2.18. The molecule has 9 nitrogen and oxygen atoms in total. The number of aromatic nitrogens is 2. The van der Waals surface area contributed by atoms with Gasteiger partial charge in [-0.3, -0.25) is 9.59 Å². The number of methoxy groups -OCH3 is 2. The van der Waals surface area contributed by atoms with E-state index in [4.69, 9.17) is 9.47 Å². The van der Waals surface area contributed by atoms with Gasteiger partial charge < -0.3 is 25.0 Å². The Morgan fingerprint density at radius 1 is 1.16 bits per heavy atom. The average Bonchev–Trinajstić information content (AvgIpc) is 3.14. The quantitative estimate of drug-likeness (QED) is 0.503. The minimum atomic E-state index is -1.15. The summed E-state index contributed by atoms with van der Waals surface area (Å²) in [6.45, 7) is 0. The second-order valence-corrected chi connectivity index (χ2v) is 6.48. The van der Waals surface area contributed by atoms with Gasteiger partial charge in [-0.1, -0.05) is 12.1 Å². The molecule has 0 fully saturated rings. The van der Waals surface area contributed by atoms with Crippen molar-refractivity contribution < 1.29 is 33.7 Å². The molecular formula is C21H20FN3O6. The molecule has 0 radical (unpaired) electrons. The second-order valence-electron chi connectivity index (χ2n) is 6.48. The summed E-state index contributed by atoms with van der Waals surface area (Å²) in [5.41, 5.74) is 0.151. The number of nitrogens with one attached hydrogen (secondary N) is 1. The fraction of sp³-hybridized carbons (Fsp3) is 0.190. The summed E-state index contributed by atoms with van der Waals surface area (Å²) in [5, 5.41) is 26.0. The normalized spacial score (nSPS) is 11.6. The second kappa shape index (κ2) is 9.16. The summed E-state index contributed by atoms with van der Waals surface area (Å²) in [7, 11) is 2.88. The minimum Gasteiger partial charge on any atom is -0.497 e. The molecule has 1 aromatic heterocycles. The van der Waals surface area contributed by atoms with E-state index in [1.165, 1.54) is 32.4 Å². The van der Waals surface area contributed by atoms with Crippen molar-refractivity contribution in [2.45, 2.75) is 12.5 Å². The van der Waals surface area contributed by atoms with Crippen molar-refractivity contribution in [3.05, 3.63) is 65.6 Å². The van der Waals surface area contributed by atoms with Crippen LogP contribution in [0, 0.1) is 5.82 Å². The van der Waals surface area contributed by atoms with E-state index >= 15 is 0 Å². The number of carbonyl (C=O) groups excluding carboxylic acids is 1. The fourth-order valence-corrected chi connectivity index (χ4v) is 3.03. The van der Waals surface area contributed by atoms with E-state index in [9.17, 15) is 24.2 Å². The first-order valence-electron chi connectivity index (χ1n) is 9.12. The maximum Gasteiger partial charge on any atom is 0.305 e. The predicted molar refractivity (Wildman–Crippen MR) is 107 cm³/mol. The number of halogens is 1. The molecular weight excluding hydrogens is 409 g/mol. The number of carboxylic acid groups (broad SMARTS) is 1. The van der Waals surface area contributed by atoms with Crippen molar-refractivity contribution in [3.63, 3.8) is 0 Å². The molecule has 0 saturated carbocycles. The Labute approximate surface area is 176 Å². The van der Waals surface area contributed by atoms with Gasteiger partial charge in [-0.05, 0) is 24.3 Å². The Morgan fingerprint density at radius 3 is 2.55 bits per heavy atom. The van der Waals surface area contributed by atoms with Gasteiger partial charge in [-0.25, -0.2) is 4.39 Å². The number of carbonyl (C=O) groups is 2. The van der Waals surface area contributed by atoms with Crippen LogP contribution in [0.25, 0.3) is 5.69 Å². The van der Waals surface area contributed by atoms with Gasteiger partial charge in [0.1, 0.15) is 23.0 Å². The number of hydrogen-bond donors (Lipinski definition) is 3. The zero-order valence-electron chi connectivity index (χ0n) is 16.7. The summed E-state index contributed by atoms with van der Waals surface area (Å²) in [6.07, 6.45) is -0.436. The van der Waals surface area contributed by atoms with Crippen LogP contribution in [0.3, 0.4) is 0 Å². The lowest BCUT2D eigenvalue weighted by molar-refractivity contribution is -0.137. The molecule has 1 atom stereocenters. The van der Waals surface area contributed by atoms with E-state index in [0.717, 1.165) is 10.7 Å². The molecule has 1 amide bonds. The van der Waals surface area contributed by atoms with E-state index in [2.05, 4.69) is 10.4 Å². The Hall–Kier alpha value is -4.08. The smallest absolute Gasteiger partial charge is 0.305 e. The SMILES string of the molecule is COc1ccc(C(CC(=O)O)NC(=O)c2cc(O)n(-c3ccccc3F)n2)c(OC)c1. The molecule has 0 aliphatic rings. The van der Waals surface area contributed by atoms with Gasteiger partial charge >= 0.3 is 5.97 Å². The summed E-state index contributed by atoms with van der Waals surface area (Å²) in [4.78, 5) is 24.2. The standard InChI is InChI=1S/C21H20FN3O6/c1-30-12-7-8-13(18(9-12)31-2)15(11-20(27)28)23-21(29)16-10-19(26)25(24-16)17-6-4-3-5-14(17)22/h3-10,15,26H,11H2,1-2H3,(H,23,29)(H,27,28). The van der Waals surface area contributed by atoms with E-state index in [-0.39, 0.29) is 11.4 Å². The molecule has 10 heteroatoms. The maximum atomic E-state index is 14.0. The number of nitrogens with zero attached hydrogens (tertiary/aromatic N) is 2. The highest BCUT2D eigenvalue weighted by molar-refractivity contribution is 5.93. The van der Waals surface area contributed by atoms with Gasteiger partial charge in [0.05, 0.1) is 26.7 Å². The largest absolute Gasteiger partial charge is 0.497 e. The summed E-state index contributed by atoms with van der Waals surface area (Å²) >= 11 is 0. The number of rotatable bonds is 8. The highest BCUT2D eigenvalue weighted by Gasteiger charge is 2.25. The van der Waals surface area contributed by atoms with Crippen molar-refractivity contribution in [2.75, 3.05) is 14.2 Å². The average molecular weight is 429 g/mol. The number of amides is 1. The van der Waals surface area contributed by atoms with Crippen LogP contribution in [-0.4, -0.2) is 46.1 Å². The van der Waals surface area contributed by atoms with Gasteiger partial charge in [-0.15, -0.1) is 0 Å². The van der Waals surface area contributed by atoms with Crippen LogP contribution in [-0.2, 0) is 4.79 Å². The van der Waals surface area contributed by atoms with Crippen LogP contribution in [0.4, 0.5) is 4.39 Å². The van der Waals surface area contributed by atoms with Crippen LogP contribution in [0.1, 0.15) is 28.5 Å². The van der Waals surface area contributed by atoms with E-state index < -0.39 is 36.0 Å². The third-order valence-corrected chi connectivity index (χ3v) is 4.50. The van der Waals surface area contributed by atoms with Gasteiger partial charge in [0.25, 0.3) is 5.91 Å². The van der Waals surface area contributed by atoms with E-state index in [1.54, 1.807) is 24.3 Å². The van der Waals surface area contributed by atoms with Crippen molar-refractivity contribution in [1.82, 2.24) is 15.1 Å². The van der Waals surface area contributed by atoms with Gasteiger partial charge in [-0.2, -0.15) is 9.78 Å². The molecule has 0 spiro atoms. The number of aromatic hydroxyl groups is 1. The highest BCUT2D eigenvalue weighted by atomic mass is 19.1. The molecule has 1 heterocycles. The first-order chi connectivity index (χ1) is 14.8. The van der Waals surface area contributed by atoms with Crippen molar-refractivity contribution in [2.24, 2.45) is 0 Å². The molecule has 1 unspecified atom stereocenters. The number of aliphatic carboxylic acids is 1. The van der Waals surface area contributed by atoms with Crippen LogP contribution in [0.15, 0.2) is 48.5 Å². The number of carboxylic acids is 1. The zero-order chi connectivity index (χ0) is 22.5. The van der Waals surface area contributed by atoms with Crippen LogP contribution in [0.2, 0.25) is 0 Å². The predicted octanol–water partition coefficient (Wildman–Crippen LogP) is 2.68. The van der Waals surface area contributed by atoms with E-state index in [0.29, 0.717) is 17.1 Å².